The molecule has 0 saturated carbocycles. The number of pyridine rings is 1. The van der Waals surface area contributed by atoms with Crippen molar-refractivity contribution in [3.05, 3.63) is 431 Å². The van der Waals surface area contributed by atoms with Crippen LogP contribution < -0.4 is 38.2 Å². The number of nitrogens with one attached hydrogen (secondary N) is 1. The predicted octanol–water partition coefficient (Wildman–Crippen LogP) is 22.5. The number of rotatable bonds is 14. The van der Waals surface area contributed by atoms with Gasteiger partial charge in [-0.25, -0.2) is 48.9 Å². The summed E-state index contributed by atoms with van der Waals surface area (Å²) in [4.78, 5) is 85.2. The highest BCUT2D eigenvalue weighted by molar-refractivity contribution is 7.90. The smallest absolute Gasteiger partial charge is 0.348 e. The van der Waals surface area contributed by atoms with Crippen molar-refractivity contribution >= 4 is 143 Å². The van der Waals surface area contributed by atoms with Crippen molar-refractivity contribution in [2.24, 2.45) is 4.40 Å². The summed E-state index contributed by atoms with van der Waals surface area (Å²) in [6.45, 7) is 22.8. The molecule has 646 valence electrons. The minimum absolute atomic E-state index is 0.207. The molecule has 0 amide bonds. The molecule has 0 fully saturated rings. The second kappa shape index (κ2) is 42.5. The maximum Gasteiger partial charge on any atom is 0.348 e. The van der Waals surface area contributed by atoms with Crippen LogP contribution in [0.5, 0.6) is 5.75 Å². The molecule has 0 unspecified atom stereocenters. The van der Waals surface area contributed by atoms with Crippen LogP contribution in [0.1, 0.15) is 124 Å². The average Bonchev–Trinajstić information content (AvgIpc) is 0.780. The van der Waals surface area contributed by atoms with E-state index in [1.807, 2.05) is 129 Å². The normalized spacial score (nSPS) is 12.0. The average molecular weight is 1740 g/mol. The minimum Gasteiger partial charge on any atom is -0.481 e. The van der Waals surface area contributed by atoms with E-state index < -0.39 is 21.3 Å². The topological polar surface area (TPSA) is 296 Å². The first-order valence-corrected chi connectivity index (χ1v) is 42.8. The van der Waals surface area contributed by atoms with Gasteiger partial charge in [-0.05, 0) is 292 Å². The lowest BCUT2D eigenvalue weighted by Gasteiger charge is -2.15. The first kappa shape index (κ1) is 91.2. The summed E-state index contributed by atoms with van der Waals surface area (Å²) >= 11 is 0. The van der Waals surface area contributed by atoms with Crippen LogP contribution in [0.2, 0.25) is 0 Å². The van der Waals surface area contributed by atoms with Crippen molar-refractivity contribution < 1.29 is 35.2 Å². The van der Waals surface area contributed by atoms with Crippen LogP contribution in [-0.4, -0.2) is 50.8 Å². The van der Waals surface area contributed by atoms with Gasteiger partial charge in [0, 0.05) is 36.6 Å². The summed E-state index contributed by atoms with van der Waals surface area (Å²) in [5.74, 6) is 4.98. The molecule has 1 N–H and O–H groups in total. The summed E-state index contributed by atoms with van der Waals surface area (Å²) in [6, 6.07) is 75.2. The van der Waals surface area contributed by atoms with Crippen molar-refractivity contribution in [3.8, 4) is 18.1 Å². The van der Waals surface area contributed by atoms with Crippen molar-refractivity contribution in [3.63, 3.8) is 0 Å². The monoisotopic (exact) mass is 1740 g/mol. The molecule has 7 heterocycles. The van der Waals surface area contributed by atoms with Crippen molar-refractivity contribution in [2.45, 2.75) is 81.1 Å². The molecule has 0 saturated heterocycles. The number of aryl methyl sites for hydroxylation is 11. The van der Waals surface area contributed by atoms with Crippen LogP contribution >= 0.6 is 0 Å². The summed E-state index contributed by atoms with van der Waals surface area (Å²) in [6.07, 6.45) is 28.2. The Hall–Kier alpha value is -16.5. The number of aromatic nitrogens is 6. The van der Waals surface area contributed by atoms with Crippen LogP contribution in [0.15, 0.2) is 310 Å². The molecule has 0 aliphatic carbocycles. The van der Waals surface area contributed by atoms with Crippen LogP contribution in [0.3, 0.4) is 0 Å². The molecule has 0 radical (unpaired) electrons. The van der Waals surface area contributed by atoms with Gasteiger partial charge in [0.2, 0.25) is 29.5 Å². The standard InChI is InChI=1S/C20H15NO3.3C18H15NO2.C17H16N2O2S.C17H14N2O2/c1-3-12-23-18-10-8-15(13-14(18)2)9-11-19-21-17-7-5-4-6-16(17)20(22)24-19;3*1-12-7-8-14(11-13(12)2)9-10-17-19-16-6-4-3-5-15(16)18(20)21-17;1-12-7-8-14(11-13(12)2)9-10-17-18-15-5-3-4-6-16(15)22(20,21)19-17;1-11-5-6-13(10-12(11)2)7-8-15-19-16-14(17(20)21-15)4-3-9-18-16/h1,4-11,13H,12H2,2H3;3*3-11H,1-2H3;3-11H,1-2H3,(H,18,19);3-10H,1-2H3/b11-9+;4*10-9+;8-7+. The van der Waals surface area contributed by atoms with E-state index in [0.29, 0.717) is 83.8 Å². The highest BCUT2D eigenvalue weighted by Gasteiger charge is 2.23. The lowest BCUT2D eigenvalue weighted by molar-refractivity contribution is 0.368. The Balaban J connectivity index is 0.000000133. The lowest BCUT2D eigenvalue weighted by atomic mass is 10.1. The van der Waals surface area contributed by atoms with Crippen molar-refractivity contribution in [1.82, 2.24) is 29.9 Å². The number of hydrogen-bond acceptors (Lipinski definition) is 20. The zero-order valence-electron chi connectivity index (χ0n) is 73.2. The number of para-hydroxylation sites is 5. The lowest BCUT2D eigenvalue weighted by Crippen LogP contribution is -2.19. The molecule has 11 aromatic carbocycles. The Labute approximate surface area is 750 Å². The number of ether oxygens (including phenoxy) is 1. The second-order valence-corrected chi connectivity index (χ2v) is 32.0. The van der Waals surface area contributed by atoms with Gasteiger partial charge in [-0.1, -0.05) is 170 Å². The first-order valence-electron chi connectivity index (χ1n) is 41.3. The highest BCUT2D eigenvalue weighted by atomic mass is 32.2. The molecule has 0 spiro atoms. The van der Waals surface area contributed by atoms with Gasteiger partial charge in [-0.3, -0.25) is 0 Å². The molecule has 17 aromatic rings. The second-order valence-electron chi connectivity index (χ2n) is 30.4. The summed E-state index contributed by atoms with van der Waals surface area (Å²) in [5.41, 5.74) is 21.0. The van der Waals surface area contributed by atoms with Gasteiger partial charge in [-0.2, -0.15) is 13.4 Å². The van der Waals surface area contributed by atoms with Crippen LogP contribution in [0.4, 0.5) is 5.69 Å². The highest BCUT2D eigenvalue weighted by Crippen LogP contribution is 2.29. The fraction of sp³-hybridized carbons (Fsp3) is 0.111. The van der Waals surface area contributed by atoms with Crippen LogP contribution in [0.25, 0.3) is 121 Å². The number of nitrogens with zero attached hydrogens (tertiary/aromatic N) is 7. The number of sulfonamides is 1. The molecule has 1 aliphatic heterocycles. The van der Waals surface area contributed by atoms with E-state index in [2.05, 4.69) is 162 Å². The van der Waals surface area contributed by atoms with Gasteiger partial charge in [-0.15, -0.1) is 10.8 Å². The van der Waals surface area contributed by atoms with Crippen molar-refractivity contribution in [1.29, 1.82) is 0 Å². The molecule has 0 bridgehead atoms. The van der Waals surface area contributed by atoms with Gasteiger partial charge in [0.15, 0.2) is 5.65 Å². The Morgan fingerprint density at radius 3 is 0.954 bits per heavy atom. The molecule has 130 heavy (non-hydrogen) atoms. The van der Waals surface area contributed by atoms with Gasteiger partial charge in [0.05, 0.1) is 49.3 Å². The van der Waals surface area contributed by atoms with E-state index in [0.717, 1.165) is 44.7 Å². The van der Waals surface area contributed by atoms with Crippen LogP contribution in [-0.2, 0) is 10.0 Å². The quantitative estimate of drug-likeness (QED) is 0.0989. The predicted molar refractivity (Wildman–Crippen MR) is 523 cm³/mol. The van der Waals surface area contributed by atoms with E-state index in [1.165, 1.54) is 55.6 Å². The molecule has 0 atom stereocenters. The molecular weight excluding hydrogens is 1650 g/mol. The van der Waals surface area contributed by atoms with Gasteiger partial charge < -0.3 is 32.1 Å². The molecule has 22 heteroatoms. The van der Waals surface area contributed by atoms with Gasteiger partial charge in [0.25, 0.3) is 10.0 Å². The van der Waals surface area contributed by atoms with Crippen molar-refractivity contribution in [2.75, 3.05) is 11.9 Å². The minimum atomic E-state index is -3.64. The Bertz CT molecular complexity index is 7250. The zero-order chi connectivity index (χ0) is 92.0. The fourth-order valence-corrected chi connectivity index (χ4v) is 14.1. The Kier molecular flexibility index (Phi) is 29.8. The zero-order valence-corrected chi connectivity index (χ0v) is 74.0. The SMILES string of the molecule is C#CCOc1ccc(/C=C/c2nc3ccccc3c(=O)o2)cc1C.Cc1ccc(/C=C/C2=NS(=O)(=O)c3ccccc3N2)cc1C.Cc1ccc(/C=C/c2nc3ccccc3c(=O)o2)cc1C.Cc1ccc(/C=C/c2nc3ccccc3c(=O)o2)cc1C.Cc1ccc(/C=C/c2nc3ccccc3c(=O)o2)cc1C.Cc1ccc(/C=C/c2nc3ncccc3c(=O)o2)cc1C. The summed E-state index contributed by atoms with van der Waals surface area (Å²) in [5, 5.41) is 5.40. The molecule has 6 aromatic heterocycles. The van der Waals surface area contributed by atoms with E-state index in [-0.39, 0.29) is 40.2 Å². The van der Waals surface area contributed by atoms with E-state index in [1.54, 1.807) is 152 Å². The Morgan fingerprint density at radius 1 is 0.323 bits per heavy atom. The third-order valence-electron chi connectivity index (χ3n) is 21.0. The molecule has 21 nitrogen and oxygen atoms in total. The van der Waals surface area contributed by atoms with E-state index in [9.17, 15) is 32.4 Å². The summed E-state index contributed by atoms with van der Waals surface area (Å²) in [7, 11) is -3.64. The number of amidine groups is 1. The van der Waals surface area contributed by atoms with Gasteiger partial charge >= 0.3 is 28.1 Å². The number of anilines is 1. The first-order chi connectivity index (χ1) is 62.6. The van der Waals surface area contributed by atoms with Crippen LogP contribution in [0, 0.1) is 88.5 Å². The maximum atomic E-state index is 12.1. The molecule has 1 aliphatic rings. The fourth-order valence-electron chi connectivity index (χ4n) is 13.0. The number of benzene rings is 11. The maximum absolute atomic E-state index is 12.1. The Morgan fingerprint density at radius 2 is 0.615 bits per heavy atom. The largest absolute Gasteiger partial charge is 0.481 e. The third-order valence-corrected chi connectivity index (χ3v) is 22.3. The molecular formula is C108H90N8O13S. The van der Waals surface area contributed by atoms with E-state index in [4.69, 9.17) is 33.2 Å². The number of terminal acetylenes is 1. The third kappa shape index (κ3) is 24.3. The number of fused-ring (bicyclic) bond motifs is 6. The molecule has 18 rings (SSSR count). The number of hydrogen-bond donors (Lipinski definition) is 1. The van der Waals surface area contributed by atoms with Gasteiger partial charge in [0.1, 0.15) is 28.5 Å². The van der Waals surface area contributed by atoms with E-state index >= 15 is 0 Å². The summed E-state index contributed by atoms with van der Waals surface area (Å²) < 4.78 is 59.5.